The van der Waals surface area contributed by atoms with Crippen molar-refractivity contribution in [3.63, 3.8) is 0 Å². The molecule has 1 heterocycles. The molecule has 0 bridgehead atoms. The summed E-state index contributed by atoms with van der Waals surface area (Å²) >= 11 is 0.886. The first kappa shape index (κ1) is 23.2. The summed E-state index contributed by atoms with van der Waals surface area (Å²) in [4.78, 5) is 17.0. The third-order valence-electron chi connectivity index (χ3n) is 5.51. The van der Waals surface area contributed by atoms with E-state index in [1.165, 1.54) is 6.20 Å². The number of aryl methyl sites for hydroxylation is 2. The maximum atomic E-state index is 12.7. The number of amides is 2. The number of rotatable bonds is 6. The molecule has 0 unspecified atom stereocenters. The number of anilines is 1. The number of carbonyl (C=O) groups excluding carboxylic acids is 1. The molecule has 3 N–H and O–H groups in total. The maximum Gasteiger partial charge on any atom is 0.333 e. The van der Waals surface area contributed by atoms with Gasteiger partial charge in [0.05, 0.1) is 16.5 Å². The highest BCUT2D eigenvalue weighted by Crippen LogP contribution is 2.40. The van der Waals surface area contributed by atoms with Gasteiger partial charge >= 0.3 is 6.03 Å². The number of urea groups is 1. The zero-order chi connectivity index (χ0) is 22.6. The lowest BCUT2D eigenvalue weighted by atomic mass is 9.84. The molecule has 1 aliphatic rings. The van der Waals surface area contributed by atoms with Gasteiger partial charge in [0, 0.05) is 11.9 Å². The molecule has 0 aliphatic heterocycles. The molecule has 10 heteroatoms. The number of hydrogen-bond acceptors (Lipinski definition) is 7. The van der Waals surface area contributed by atoms with Crippen LogP contribution in [0.5, 0.6) is 0 Å². The van der Waals surface area contributed by atoms with Crippen molar-refractivity contribution in [1.29, 1.82) is 5.26 Å². The third-order valence-corrected chi connectivity index (χ3v) is 8.42. The molecule has 2 aromatic rings. The zero-order valence-electron chi connectivity index (χ0n) is 17.6. The third kappa shape index (κ3) is 5.06. The van der Waals surface area contributed by atoms with Crippen molar-refractivity contribution in [2.24, 2.45) is 0 Å². The van der Waals surface area contributed by atoms with Crippen LogP contribution in [-0.4, -0.2) is 24.5 Å². The topological polar surface area (TPSA) is 132 Å². The average molecular weight is 463 g/mol. The Kier molecular flexibility index (Phi) is 6.99. The predicted molar refractivity (Wildman–Crippen MR) is 118 cm³/mol. The van der Waals surface area contributed by atoms with Crippen molar-refractivity contribution < 1.29 is 18.3 Å². The van der Waals surface area contributed by atoms with E-state index < -0.39 is 21.7 Å². The van der Waals surface area contributed by atoms with Gasteiger partial charge < -0.3 is 10.4 Å². The summed E-state index contributed by atoms with van der Waals surface area (Å²) in [6.45, 7) is 3.78. The van der Waals surface area contributed by atoms with E-state index in [2.05, 4.69) is 16.4 Å². The Hall–Kier alpha value is -2.48. The van der Waals surface area contributed by atoms with Gasteiger partial charge in [-0.15, -0.1) is 11.3 Å². The minimum absolute atomic E-state index is 0.261. The van der Waals surface area contributed by atoms with Gasteiger partial charge in [-0.2, -0.15) is 13.7 Å². The number of hydrogen-bond donors (Lipinski definition) is 3. The molecule has 2 amide bonds. The van der Waals surface area contributed by atoms with Gasteiger partial charge in [0.2, 0.25) is 4.34 Å². The molecule has 0 saturated heterocycles. The van der Waals surface area contributed by atoms with Crippen molar-refractivity contribution in [2.75, 3.05) is 5.32 Å². The van der Waals surface area contributed by atoms with Gasteiger partial charge in [-0.25, -0.2) is 14.5 Å². The standard InChI is InChI=1S/C21H26N4O4S2/c1-3-15-10-14(12-22)11-16(4-2)18(15)24-19(26)25-31(28,29)20-23-13-17(30-20)21(27)8-6-5-7-9-21/h10-11,13,27H,3-9H2,1-2H3,(H2,24,25,26). The summed E-state index contributed by atoms with van der Waals surface area (Å²) in [7, 11) is -4.19. The van der Waals surface area contributed by atoms with E-state index in [0.717, 1.165) is 41.7 Å². The summed E-state index contributed by atoms with van der Waals surface area (Å²) < 4.78 is 27.1. The van der Waals surface area contributed by atoms with Crippen LogP contribution in [0, 0.1) is 11.3 Å². The molecular formula is C21H26N4O4S2. The number of aliphatic hydroxyl groups is 1. The van der Waals surface area contributed by atoms with Gasteiger partial charge in [-0.1, -0.05) is 33.1 Å². The van der Waals surface area contributed by atoms with Crippen LogP contribution in [0.25, 0.3) is 0 Å². The molecule has 1 aromatic heterocycles. The predicted octanol–water partition coefficient (Wildman–Crippen LogP) is 3.80. The Morgan fingerprint density at radius 2 is 1.84 bits per heavy atom. The van der Waals surface area contributed by atoms with Gasteiger partial charge in [0.1, 0.15) is 5.60 Å². The highest BCUT2D eigenvalue weighted by atomic mass is 32.2. The van der Waals surface area contributed by atoms with E-state index in [0.29, 0.717) is 41.8 Å². The second kappa shape index (κ2) is 9.34. The van der Waals surface area contributed by atoms with E-state index in [1.54, 1.807) is 12.1 Å². The smallest absolute Gasteiger partial charge is 0.333 e. The van der Waals surface area contributed by atoms with Crippen LogP contribution < -0.4 is 10.0 Å². The zero-order valence-corrected chi connectivity index (χ0v) is 19.2. The van der Waals surface area contributed by atoms with Gasteiger partial charge in [-0.05, 0) is 48.9 Å². The largest absolute Gasteiger partial charge is 0.384 e. The van der Waals surface area contributed by atoms with Crippen LogP contribution in [0.2, 0.25) is 0 Å². The minimum atomic E-state index is -4.19. The SMILES string of the molecule is CCc1cc(C#N)cc(CC)c1NC(=O)NS(=O)(=O)c1ncc(C2(O)CCCCC2)s1. The second-order valence-corrected chi connectivity index (χ2v) is 10.5. The number of nitrogens with zero attached hydrogens (tertiary/aromatic N) is 2. The van der Waals surface area contributed by atoms with E-state index in [4.69, 9.17) is 0 Å². The van der Waals surface area contributed by atoms with Gasteiger partial charge in [0.25, 0.3) is 10.0 Å². The molecule has 0 atom stereocenters. The van der Waals surface area contributed by atoms with Crippen LogP contribution in [0.1, 0.15) is 67.5 Å². The second-order valence-electron chi connectivity index (χ2n) is 7.63. The molecule has 1 aliphatic carbocycles. The van der Waals surface area contributed by atoms with E-state index >= 15 is 0 Å². The number of nitriles is 1. The van der Waals surface area contributed by atoms with Crippen LogP contribution in [-0.2, 0) is 28.5 Å². The quantitative estimate of drug-likeness (QED) is 0.598. The lowest BCUT2D eigenvalue weighted by Gasteiger charge is -2.30. The number of sulfonamides is 1. The molecule has 0 radical (unpaired) electrons. The summed E-state index contributed by atoms with van der Waals surface area (Å²) in [5.74, 6) is 0. The first-order chi connectivity index (χ1) is 14.7. The van der Waals surface area contributed by atoms with Crippen LogP contribution in [0.3, 0.4) is 0 Å². The Bertz CT molecular complexity index is 1090. The highest BCUT2D eigenvalue weighted by Gasteiger charge is 2.35. The molecule has 166 valence electrons. The summed E-state index contributed by atoms with van der Waals surface area (Å²) in [5, 5.41) is 22.6. The lowest BCUT2D eigenvalue weighted by Crippen LogP contribution is -2.35. The van der Waals surface area contributed by atoms with Crippen molar-refractivity contribution in [3.8, 4) is 6.07 Å². The Labute approximate surface area is 186 Å². The van der Waals surface area contributed by atoms with Crippen LogP contribution >= 0.6 is 11.3 Å². The van der Waals surface area contributed by atoms with E-state index in [-0.39, 0.29) is 4.34 Å². The molecule has 1 fully saturated rings. The number of aromatic nitrogens is 1. The van der Waals surface area contributed by atoms with Crippen molar-refractivity contribution >= 4 is 33.1 Å². The molecular weight excluding hydrogens is 436 g/mol. The first-order valence-electron chi connectivity index (χ1n) is 10.3. The fraction of sp³-hybridized carbons (Fsp3) is 0.476. The van der Waals surface area contributed by atoms with E-state index in [9.17, 15) is 23.6 Å². The monoisotopic (exact) mass is 462 g/mol. The molecule has 8 nitrogen and oxygen atoms in total. The molecule has 3 rings (SSSR count). The number of thiazole rings is 1. The maximum absolute atomic E-state index is 12.7. The minimum Gasteiger partial charge on any atom is -0.384 e. The van der Waals surface area contributed by atoms with E-state index in [1.807, 2.05) is 18.6 Å². The molecule has 0 spiro atoms. The van der Waals surface area contributed by atoms with Gasteiger partial charge in [-0.3, -0.25) is 0 Å². The summed E-state index contributed by atoms with van der Waals surface area (Å²) in [5.41, 5.74) is 1.44. The first-order valence-corrected chi connectivity index (χ1v) is 12.6. The number of nitrogens with one attached hydrogen (secondary N) is 2. The van der Waals surface area contributed by atoms with Crippen molar-refractivity contribution in [1.82, 2.24) is 9.71 Å². The number of benzene rings is 1. The number of carbonyl (C=O) groups is 1. The van der Waals surface area contributed by atoms with Crippen molar-refractivity contribution in [3.05, 3.63) is 39.9 Å². The van der Waals surface area contributed by atoms with Crippen molar-refractivity contribution in [2.45, 2.75) is 68.7 Å². The summed E-state index contributed by atoms with van der Waals surface area (Å²) in [6.07, 6.45) is 6.46. The fourth-order valence-corrected chi connectivity index (χ4v) is 6.04. The normalized spacial score (nSPS) is 15.8. The Morgan fingerprint density at radius 3 is 2.39 bits per heavy atom. The Balaban J connectivity index is 1.79. The average Bonchev–Trinajstić information content (AvgIpc) is 3.26. The lowest BCUT2D eigenvalue weighted by molar-refractivity contribution is 0.00264. The van der Waals surface area contributed by atoms with Crippen LogP contribution in [0.4, 0.5) is 10.5 Å². The van der Waals surface area contributed by atoms with Gasteiger partial charge in [0.15, 0.2) is 0 Å². The molecule has 1 saturated carbocycles. The highest BCUT2D eigenvalue weighted by molar-refractivity contribution is 7.92. The van der Waals surface area contributed by atoms with Crippen LogP contribution in [0.15, 0.2) is 22.7 Å². The molecule has 1 aromatic carbocycles. The Morgan fingerprint density at radius 1 is 1.23 bits per heavy atom. The fourth-order valence-electron chi connectivity index (χ4n) is 3.84. The molecule has 31 heavy (non-hydrogen) atoms. The summed E-state index contributed by atoms with van der Waals surface area (Å²) in [6, 6.07) is 4.56.